The average Bonchev–Trinajstić information content (AvgIpc) is 2.65. The van der Waals surface area contributed by atoms with Crippen molar-refractivity contribution in [1.82, 2.24) is 9.55 Å². The fourth-order valence-corrected chi connectivity index (χ4v) is 3.29. The highest BCUT2D eigenvalue weighted by Gasteiger charge is 2.11. The summed E-state index contributed by atoms with van der Waals surface area (Å²) in [6.45, 7) is 1.89. The van der Waals surface area contributed by atoms with Crippen LogP contribution in [0.25, 0.3) is 5.69 Å². The molecule has 1 amide bonds. The smallest absolute Gasteiger partial charge is 0.287 e. The molecule has 8 heteroatoms. The molecule has 138 valence electrons. The van der Waals surface area contributed by atoms with E-state index in [2.05, 4.69) is 10.3 Å². The number of benzene rings is 2. The number of halogens is 2. The van der Waals surface area contributed by atoms with E-state index in [0.29, 0.717) is 21.4 Å². The first-order chi connectivity index (χ1) is 12.9. The Morgan fingerprint density at radius 1 is 1.19 bits per heavy atom. The number of hydrogen-bond donors (Lipinski definition) is 1. The van der Waals surface area contributed by atoms with Gasteiger partial charge in [0.25, 0.3) is 5.56 Å². The van der Waals surface area contributed by atoms with Gasteiger partial charge in [-0.15, -0.1) is 0 Å². The molecule has 0 atom stereocenters. The molecule has 0 bridgehead atoms. The van der Waals surface area contributed by atoms with Crippen LogP contribution in [0.2, 0.25) is 10.0 Å². The maximum atomic E-state index is 12.7. The summed E-state index contributed by atoms with van der Waals surface area (Å²) in [5.74, 6) is -0.180. The van der Waals surface area contributed by atoms with Crippen LogP contribution in [0.3, 0.4) is 0 Å². The summed E-state index contributed by atoms with van der Waals surface area (Å²) in [6, 6.07) is 12.2. The van der Waals surface area contributed by atoms with Crippen LogP contribution >= 0.6 is 35.0 Å². The lowest BCUT2D eigenvalue weighted by atomic mass is 10.2. The van der Waals surface area contributed by atoms with Gasteiger partial charge in [-0.05, 0) is 48.9 Å². The molecule has 1 N–H and O–H groups in total. The Morgan fingerprint density at radius 3 is 2.63 bits per heavy atom. The Labute approximate surface area is 170 Å². The Kier molecular flexibility index (Phi) is 6.21. The van der Waals surface area contributed by atoms with Gasteiger partial charge in [0.1, 0.15) is 0 Å². The maximum absolute atomic E-state index is 12.7. The number of carbonyl (C=O) groups is 1. The van der Waals surface area contributed by atoms with Crippen molar-refractivity contribution in [2.45, 2.75) is 11.9 Å². The predicted molar refractivity (Wildman–Crippen MR) is 110 cm³/mol. The highest BCUT2D eigenvalue weighted by atomic mass is 35.5. The molecule has 27 heavy (non-hydrogen) atoms. The summed E-state index contributed by atoms with van der Waals surface area (Å²) in [4.78, 5) is 28.9. The Balaban J connectivity index is 1.72. The number of aromatic nitrogens is 2. The van der Waals surface area contributed by atoms with E-state index in [-0.39, 0.29) is 22.2 Å². The van der Waals surface area contributed by atoms with E-state index in [1.807, 2.05) is 19.1 Å². The Morgan fingerprint density at radius 2 is 1.93 bits per heavy atom. The summed E-state index contributed by atoms with van der Waals surface area (Å²) < 4.78 is 1.46. The summed E-state index contributed by atoms with van der Waals surface area (Å²) in [5.41, 5.74) is 1.90. The Hall–Kier alpha value is -2.28. The molecule has 0 aliphatic heterocycles. The van der Waals surface area contributed by atoms with Gasteiger partial charge < -0.3 is 5.32 Å². The van der Waals surface area contributed by atoms with E-state index < -0.39 is 0 Å². The fraction of sp³-hybridized carbons (Fsp3) is 0.105. The quantitative estimate of drug-likeness (QED) is 0.614. The van der Waals surface area contributed by atoms with Gasteiger partial charge in [-0.2, -0.15) is 0 Å². The third kappa shape index (κ3) is 4.91. The second-order valence-electron chi connectivity index (χ2n) is 5.68. The lowest BCUT2D eigenvalue weighted by Crippen LogP contribution is -2.22. The highest BCUT2D eigenvalue weighted by Crippen LogP contribution is 2.19. The molecular formula is C19H15Cl2N3O2S. The van der Waals surface area contributed by atoms with Crippen molar-refractivity contribution >= 4 is 46.6 Å². The van der Waals surface area contributed by atoms with Crippen LogP contribution in [0, 0.1) is 6.92 Å². The van der Waals surface area contributed by atoms with E-state index in [1.54, 1.807) is 36.5 Å². The molecule has 0 saturated heterocycles. The summed E-state index contributed by atoms with van der Waals surface area (Å²) in [6.07, 6.45) is 3.09. The molecule has 0 unspecified atom stereocenters. The van der Waals surface area contributed by atoms with Crippen molar-refractivity contribution in [3.63, 3.8) is 0 Å². The third-order valence-corrected chi connectivity index (χ3v) is 5.33. The van der Waals surface area contributed by atoms with Gasteiger partial charge in [0.15, 0.2) is 5.03 Å². The van der Waals surface area contributed by atoms with E-state index in [9.17, 15) is 9.59 Å². The SMILES string of the molecule is Cc1ccc(-n2ccnc(SCC(=O)Nc3ccc(Cl)cc3)c2=O)cc1Cl. The topological polar surface area (TPSA) is 64.0 Å². The number of aryl methyl sites for hydroxylation is 1. The zero-order valence-corrected chi connectivity index (χ0v) is 16.6. The first-order valence-electron chi connectivity index (χ1n) is 7.96. The number of amides is 1. The third-order valence-electron chi connectivity index (χ3n) is 3.71. The van der Waals surface area contributed by atoms with Crippen molar-refractivity contribution in [1.29, 1.82) is 0 Å². The van der Waals surface area contributed by atoms with Crippen LogP contribution in [0.4, 0.5) is 5.69 Å². The fourth-order valence-electron chi connectivity index (χ4n) is 2.29. The van der Waals surface area contributed by atoms with Crippen molar-refractivity contribution in [2.75, 3.05) is 11.1 Å². The van der Waals surface area contributed by atoms with Crippen LogP contribution in [0.1, 0.15) is 5.56 Å². The molecule has 3 rings (SSSR count). The summed E-state index contributed by atoms with van der Waals surface area (Å²) >= 11 is 13.0. The zero-order chi connectivity index (χ0) is 19.4. The largest absolute Gasteiger partial charge is 0.325 e. The molecule has 0 aliphatic carbocycles. The monoisotopic (exact) mass is 419 g/mol. The molecule has 0 radical (unpaired) electrons. The van der Waals surface area contributed by atoms with Gasteiger partial charge in [-0.25, -0.2) is 4.98 Å². The normalized spacial score (nSPS) is 10.6. The van der Waals surface area contributed by atoms with Crippen LogP contribution in [-0.4, -0.2) is 21.2 Å². The number of rotatable bonds is 5. The van der Waals surface area contributed by atoms with E-state index in [0.717, 1.165) is 17.3 Å². The molecule has 1 heterocycles. The van der Waals surface area contributed by atoms with E-state index in [4.69, 9.17) is 23.2 Å². The molecule has 1 aromatic heterocycles. The number of anilines is 1. The molecule has 0 saturated carbocycles. The minimum Gasteiger partial charge on any atom is -0.325 e. The van der Waals surface area contributed by atoms with Gasteiger partial charge in [-0.1, -0.05) is 41.0 Å². The summed E-state index contributed by atoms with van der Waals surface area (Å²) in [5, 5.41) is 4.15. The number of thioether (sulfide) groups is 1. The minimum atomic E-state index is -0.304. The number of nitrogens with zero attached hydrogens (tertiary/aromatic N) is 2. The second kappa shape index (κ2) is 8.61. The van der Waals surface area contributed by atoms with Crippen molar-refractivity contribution in [3.05, 3.63) is 80.8 Å². The standard InChI is InChI=1S/C19H15Cl2N3O2S/c1-12-2-7-15(10-16(12)21)24-9-8-22-18(19(24)26)27-11-17(25)23-14-5-3-13(20)4-6-14/h2-10H,11H2,1H3,(H,23,25). The van der Waals surface area contributed by atoms with Crippen LogP contribution < -0.4 is 10.9 Å². The molecule has 5 nitrogen and oxygen atoms in total. The van der Waals surface area contributed by atoms with Gasteiger partial charge in [0.05, 0.1) is 11.4 Å². The van der Waals surface area contributed by atoms with E-state index >= 15 is 0 Å². The van der Waals surface area contributed by atoms with Crippen LogP contribution in [0.15, 0.2) is 64.7 Å². The van der Waals surface area contributed by atoms with Crippen molar-refractivity contribution < 1.29 is 4.79 Å². The average molecular weight is 420 g/mol. The maximum Gasteiger partial charge on any atom is 0.287 e. The molecule has 2 aromatic carbocycles. The van der Waals surface area contributed by atoms with Gasteiger partial charge in [0, 0.05) is 28.1 Å². The van der Waals surface area contributed by atoms with E-state index in [1.165, 1.54) is 10.8 Å². The molecule has 0 spiro atoms. The lowest BCUT2D eigenvalue weighted by Gasteiger charge is -2.09. The first-order valence-corrected chi connectivity index (χ1v) is 9.70. The number of nitrogens with one attached hydrogen (secondary N) is 1. The first kappa shape index (κ1) is 19.5. The van der Waals surface area contributed by atoms with Crippen LogP contribution in [-0.2, 0) is 4.79 Å². The summed E-state index contributed by atoms with van der Waals surface area (Å²) in [7, 11) is 0. The lowest BCUT2D eigenvalue weighted by molar-refractivity contribution is -0.113. The molecule has 0 fully saturated rings. The number of hydrogen-bond acceptors (Lipinski definition) is 4. The highest BCUT2D eigenvalue weighted by molar-refractivity contribution is 7.99. The molecule has 0 aliphatic rings. The molecular weight excluding hydrogens is 405 g/mol. The van der Waals surface area contributed by atoms with Gasteiger partial charge in [0.2, 0.25) is 5.91 Å². The number of carbonyl (C=O) groups excluding carboxylic acids is 1. The van der Waals surface area contributed by atoms with Gasteiger partial charge in [-0.3, -0.25) is 14.2 Å². The zero-order valence-electron chi connectivity index (χ0n) is 14.3. The van der Waals surface area contributed by atoms with Crippen LogP contribution in [0.5, 0.6) is 0 Å². The Bertz CT molecular complexity index is 1040. The predicted octanol–water partition coefficient (Wildman–Crippen LogP) is 4.58. The molecule has 3 aromatic rings. The van der Waals surface area contributed by atoms with Gasteiger partial charge >= 0.3 is 0 Å². The van der Waals surface area contributed by atoms with Crippen molar-refractivity contribution in [3.8, 4) is 5.69 Å². The minimum absolute atomic E-state index is 0.0591. The second-order valence-corrected chi connectivity index (χ2v) is 7.49. The van der Waals surface area contributed by atoms with Crippen molar-refractivity contribution in [2.24, 2.45) is 0 Å².